The first-order valence-corrected chi connectivity index (χ1v) is 11.3. The molecular weight excluding hydrogens is 424 g/mol. The number of para-hydroxylation sites is 1. The molecule has 1 saturated carbocycles. The van der Waals surface area contributed by atoms with Gasteiger partial charge in [0, 0.05) is 32.6 Å². The Labute approximate surface area is 192 Å². The largest absolute Gasteiger partial charge is 0.362 e. The minimum atomic E-state index is -0.711. The fraction of sp³-hybridized carbons (Fsp3) is 0.400. The number of anilines is 2. The van der Waals surface area contributed by atoms with Crippen LogP contribution in [0.1, 0.15) is 36.0 Å². The lowest BCUT2D eigenvalue weighted by Gasteiger charge is -2.29. The number of carbonyl (C=O) groups excluding carboxylic acids is 1. The SMILES string of the molecule is CN(C)c1nc(NCC2CCC(CNC(=O)c3cc(F)ccc3F)CC2)nc2ccccc12. The summed E-state index contributed by atoms with van der Waals surface area (Å²) >= 11 is 0. The molecule has 0 spiro atoms. The summed E-state index contributed by atoms with van der Waals surface area (Å²) < 4.78 is 27.1. The van der Waals surface area contributed by atoms with Crippen molar-refractivity contribution in [3.8, 4) is 0 Å². The molecule has 33 heavy (non-hydrogen) atoms. The highest BCUT2D eigenvalue weighted by Gasteiger charge is 2.23. The normalized spacial score (nSPS) is 18.2. The number of nitrogens with one attached hydrogen (secondary N) is 2. The molecule has 0 atom stereocenters. The van der Waals surface area contributed by atoms with Gasteiger partial charge in [-0.3, -0.25) is 4.79 Å². The molecule has 2 N–H and O–H groups in total. The molecule has 0 aliphatic heterocycles. The fourth-order valence-electron chi connectivity index (χ4n) is 4.36. The number of hydrogen-bond donors (Lipinski definition) is 2. The standard InChI is InChI=1S/C25H29F2N5O/c1-32(2)23-19-5-3-4-6-22(19)30-25(31-23)29-15-17-9-7-16(8-10-17)14-28-24(33)20-13-18(26)11-12-21(20)27/h3-6,11-13,16-17H,7-10,14-15H2,1-2H3,(H,28,33)(H,29,30,31). The van der Waals surface area contributed by atoms with Gasteiger partial charge in [-0.15, -0.1) is 0 Å². The van der Waals surface area contributed by atoms with E-state index in [1.54, 1.807) is 0 Å². The number of carbonyl (C=O) groups is 1. The minimum absolute atomic E-state index is 0.250. The summed E-state index contributed by atoms with van der Waals surface area (Å²) in [5.41, 5.74) is 0.660. The number of fused-ring (bicyclic) bond motifs is 1. The van der Waals surface area contributed by atoms with E-state index in [1.807, 2.05) is 43.3 Å². The van der Waals surface area contributed by atoms with Crippen molar-refractivity contribution in [1.82, 2.24) is 15.3 Å². The number of nitrogens with zero attached hydrogens (tertiary/aromatic N) is 3. The Kier molecular flexibility index (Phi) is 7.01. The van der Waals surface area contributed by atoms with Gasteiger partial charge < -0.3 is 15.5 Å². The second-order valence-corrected chi connectivity index (χ2v) is 8.88. The number of amides is 1. The number of aromatic nitrogens is 2. The average molecular weight is 454 g/mol. The second kappa shape index (κ2) is 10.1. The van der Waals surface area contributed by atoms with Gasteiger partial charge in [-0.25, -0.2) is 13.8 Å². The zero-order valence-corrected chi connectivity index (χ0v) is 18.9. The maximum absolute atomic E-state index is 13.8. The maximum Gasteiger partial charge on any atom is 0.254 e. The summed E-state index contributed by atoms with van der Waals surface area (Å²) in [5.74, 6) is 0.441. The monoisotopic (exact) mass is 453 g/mol. The van der Waals surface area contributed by atoms with Gasteiger partial charge in [0.05, 0.1) is 11.1 Å². The maximum atomic E-state index is 13.8. The zero-order valence-electron chi connectivity index (χ0n) is 18.9. The molecule has 8 heteroatoms. The molecule has 3 aromatic rings. The lowest BCUT2D eigenvalue weighted by atomic mass is 9.82. The molecule has 0 radical (unpaired) electrons. The molecule has 1 aliphatic carbocycles. The third-order valence-corrected chi connectivity index (χ3v) is 6.25. The van der Waals surface area contributed by atoms with E-state index in [9.17, 15) is 13.6 Å². The van der Waals surface area contributed by atoms with Crippen molar-refractivity contribution >= 4 is 28.6 Å². The Bertz CT molecular complexity index is 1130. The minimum Gasteiger partial charge on any atom is -0.362 e. The van der Waals surface area contributed by atoms with Crippen molar-refractivity contribution in [2.24, 2.45) is 11.8 Å². The van der Waals surface area contributed by atoms with Crippen LogP contribution in [0.5, 0.6) is 0 Å². The van der Waals surface area contributed by atoms with E-state index in [4.69, 9.17) is 0 Å². The molecule has 1 aromatic heterocycles. The Balaban J connectivity index is 1.27. The predicted octanol–water partition coefficient (Wildman–Crippen LogP) is 4.62. The summed E-state index contributed by atoms with van der Waals surface area (Å²) in [6.07, 6.45) is 3.99. The van der Waals surface area contributed by atoms with Gasteiger partial charge >= 0.3 is 0 Å². The van der Waals surface area contributed by atoms with Crippen LogP contribution in [-0.2, 0) is 0 Å². The number of benzene rings is 2. The van der Waals surface area contributed by atoms with Crippen molar-refractivity contribution in [3.05, 3.63) is 59.7 Å². The Morgan fingerprint density at radius 2 is 1.70 bits per heavy atom. The van der Waals surface area contributed by atoms with Crippen molar-refractivity contribution in [1.29, 1.82) is 0 Å². The highest BCUT2D eigenvalue weighted by molar-refractivity contribution is 5.94. The van der Waals surface area contributed by atoms with Gasteiger partial charge in [-0.1, -0.05) is 12.1 Å². The van der Waals surface area contributed by atoms with Crippen LogP contribution in [0.4, 0.5) is 20.5 Å². The third-order valence-electron chi connectivity index (χ3n) is 6.25. The first kappa shape index (κ1) is 22.9. The van der Waals surface area contributed by atoms with Crippen LogP contribution in [0.3, 0.4) is 0 Å². The Hall–Kier alpha value is -3.29. The van der Waals surface area contributed by atoms with E-state index in [0.717, 1.165) is 67.1 Å². The quantitative estimate of drug-likeness (QED) is 0.546. The van der Waals surface area contributed by atoms with Gasteiger partial charge in [0.1, 0.15) is 17.5 Å². The van der Waals surface area contributed by atoms with E-state index in [2.05, 4.69) is 20.6 Å². The smallest absolute Gasteiger partial charge is 0.254 e. The molecule has 174 valence electrons. The molecular formula is C25H29F2N5O. The van der Waals surface area contributed by atoms with E-state index in [0.29, 0.717) is 24.3 Å². The van der Waals surface area contributed by atoms with E-state index in [1.165, 1.54) is 0 Å². The average Bonchev–Trinajstić information content (AvgIpc) is 2.82. The van der Waals surface area contributed by atoms with E-state index in [-0.39, 0.29) is 5.56 Å². The van der Waals surface area contributed by atoms with Crippen molar-refractivity contribution < 1.29 is 13.6 Å². The number of halogens is 2. The predicted molar refractivity (Wildman–Crippen MR) is 126 cm³/mol. The Morgan fingerprint density at radius 3 is 2.42 bits per heavy atom. The second-order valence-electron chi connectivity index (χ2n) is 8.88. The van der Waals surface area contributed by atoms with Gasteiger partial charge in [0.25, 0.3) is 5.91 Å². The molecule has 1 fully saturated rings. The molecule has 2 aromatic carbocycles. The van der Waals surface area contributed by atoms with Crippen LogP contribution in [0, 0.1) is 23.5 Å². The van der Waals surface area contributed by atoms with Gasteiger partial charge in [-0.2, -0.15) is 4.98 Å². The molecule has 4 rings (SSSR count). The zero-order chi connectivity index (χ0) is 23.4. The lowest BCUT2D eigenvalue weighted by molar-refractivity contribution is 0.0937. The third kappa shape index (κ3) is 5.56. The summed E-state index contributed by atoms with van der Waals surface area (Å²) in [6.45, 7) is 1.26. The van der Waals surface area contributed by atoms with Crippen molar-refractivity contribution in [3.63, 3.8) is 0 Å². The first-order valence-electron chi connectivity index (χ1n) is 11.3. The molecule has 1 heterocycles. The van der Waals surface area contributed by atoms with E-state index < -0.39 is 17.5 Å². The molecule has 0 bridgehead atoms. The molecule has 1 amide bonds. The van der Waals surface area contributed by atoms with Crippen LogP contribution in [0.25, 0.3) is 10.9 Å². The van der Waals surface area contributed by atoms with Crippen molar-refractivity contribution in [2.75, 3.05) is 37.4 Å². The van der Waals surface area contributed by atoms with Crippen LogP contribution in [0.15, 0.2) is 42.5 Å². The van der Waals surface area contributed by atoms with E-state index >= 15 is 0 Å². The lowest BCUT2D eigenvalue weighted by Crippen LogP contribution is -2.32. The molecule has 0 unspecified atom stereocenters. The van der Waals surface area contributed by atoms with Crippen LogP contribution >= 0.6 is 0 Å². The van der Waals surface area contributed by atoms with Crippen LogP contribution in [0.2, 0.25) is 0 Å². The summed E-state index contributed by atoms with van der Waals surface area (Å²) in [5, 5.41) is 7.18. The highest BCUT2D eigenvalue weighted by atomic mass is 19.1. The molecule has 1 aliphatic rings. The fourth-order valence-corrected chi connectivity index (χ4v) is 4.36. The van der Waals surface area contributed by atoms with Crippen LogP contribution < -0.4 is 15.5 Å². The Morgan fingerprint density at radius 1 is 1.00 bits per heavy atom. The van der Waals surface area contributed by atoms with Gasteiger partial charge in [0.15, 0.2) is 0 Å². The number of rotatable bonds is 7. The number of hydrogen-bond acceptors (Lipinski definition) is 5. The highest BCUT2D eigenvalue weighted by Crippen LogP contribution is 2.29. The summed E-state index contributed by atoms with van der Waals surface area (Å²) in [7, 11) is 3.95. The topological polar surface area (TPSA) is 70.2 Å². The first-order chi connectivity index (χ1) is 15.9. The molecule has 6 nitrogen and oxygen atoms in total. The summed E-state index contributed by atoms with van der Waals surface area (Å²) in [4.78, 5) is 23.5. The summed E-state index contributed by atoms with van der Waals surface area (Å²) in [6, 6.07) is 10.9. The van der Waals surface area contributed by atoms with Gasteiger partial charge in [0.2, 0.25) is 5.95 Å². The van der Waals surface area contributed by atoms with Crippen LogP contribution in [-0.4, -0.2) is 43.1 Å². The van der Waals surface area contributed by atoms with Gasteiger partial charge in [-0.05, 0) is 67.9 Å². The molecule has 0 saturated heterocycles. The van der Waals surface area contributed by atoms with Crippen molar-refractivity contribution in [2.45, 2.75) is 25.7 Å².